The normalized spacial score (nSPS) is 12.0. The number of aromatic nitrogens is 4. The molecule has 0 aliphatic rings. The minimum absolute atomic E-state index is 0.0256. The predicted octanol–water partition coefficient (Wildman–Crippen LogP) is 8.04. The number of para-hydroxylation sites is 3. The van der Waals surface area contributed by atoms with Gasteiger partial charge in [0.15, 0.2) is 11.0 Å². The number of rotatable bonds is 4. The molecule has 7 aromatic rings. The second-order valence-electron chi connectivity index (χ2n) is 11.4. The van der Waals surface area contributed by atoms with E-state index >= 15 is 0 Å². The number of ether oxygens (including phenoxy) is 1. The molecule has 0 unspecified atom stereocenters. The average molecular weight is 524 g/mol. The molecule has 0 spiro atoms. The van der Waals surface area contributed by atoms with E-state index in [2.05, 4.69) is 139 Å². The van der Waals surface area contributed by atoms with Gasteiger partial charge in [-0.1, -0.05) is 57.2 Å². The number of hydrogen-bond donors (Lipinski definition) is 0. The van der Waals surface area contributed by atoms with Gasteiger partial charge in [-0.05, 0) is 65.6 Å². The van der Waals surface area contributed by atoms with E-state index in [9.17, 15) is 0 Å². The highest BCUT2D eigenvalue weighted by Crippen LogP contribution is 2.36. The van der Waals surface area contributed by atoms with Crippen LogP contribution in [-0.2, 0) is 12.5 Å². The maximum Gasteiger partial charge on any atom is 0.249 e. The summed E-state index contributed by atoms with van der Waals surface area (Å²) < 4.78 is 13.1. The van der Waals surface area contributed by atoms with Crippen LogP contribution in [0.1, 0.15) is 26.3 Å². The molecule has 7 rings (SSSR count). The maximum atomic E-state index is 6.48. The molecule has 5 heteroatoms. The van der Waals surface area contributed by atoms with Gasteiger partial charge in [-0.25, -0.2) is 9.55 Å². The summed E-state index contributed by atoms with van der Waals surface area (Å²) >= 11 is 0. The highest BCUT2D eigenvalue weighted by atomic mass is 16.5. The van der Waals surface area contributed by atoms with Gasteiger partial charge in [0.1, 0.15) is 23.0 Å². The van der Waals surface area contributed by atoms with Crippen LogP contribution in [0.4, 0.5) is 0 Å². The zero-order valence-corrected chi connectivity index (χ0v) is 23.2. The number of nitrogens with zero attached hydrogens (tertiary/aromatic N) is 4. The van der Waals surface area contributed by atoms with Crippen LogP contribution in [0.5, 0.6) is 11.5 Å². The molecule has 0 atom stereocenters. The van der Waals surface area contributed by atoms with Crippen LogP contribution in [0.15, 0.2) is 116 Å². The van der Waals surface area contributed by atoms with Crippen LogP contribution >= 0.6 is 0 Å². The number of hydrogen-bond acceptors (Lipinski definition) is 2. The Bertz CT molecular complexity index is 2040. The summed E-state index contributed by atoms with van der Waals surface area (Å²) in [7, 11) is 2.07. The summed E-state index contributed by atoms with van der Waals surface area (Å²) in [6, 6.07) is 35.8. The predicted molar refractivity (Wildman–Crippen MR) is 162 cm³/mol. The Labute approximate surface area is 233 Å². The molecule has 3 aromatic heterocycles. The summed E-state index contributed by atoms with van der Waals surface area (Å²) in [4.78, 5) is 4.80. The van der Waals surface area contributed by atoms with E-state index in [0.717, 1.165) is 39.6 Å². The molecule has 0 amide bonds. The van der Waals surface area contributed by atoms with Crippen LogP contribution in [-0.4, -0.2) is 14.1 Å². The monoisotopic (exact) mass is 523 g/mol. The Morgan fingerprint density at radius 2 is 1.45 bits per heavy atom. The van der Waals surface area contributed by atoms with Crippen LogP contribution < -0.4 is 9.30 Å². The van der Waals surface area contributed by atoms with Crippen LogP contribution in [0, 0.1) is 0 Å². The molecule has 196 valence electrons. The van der Waals surface area contributed by atoms with Gasteiger partial charge in [0.25, 0.3) is 0 Å². The fraction of sp³-hybridized carbons (Fsp3) is 0.143. The lowest BCUT2D eigenvalue weighted by molar-refractivity contribution is -0.645. The second-order valence-corrected chi connectivity index (χ2v) is 11.4. The van der Waals surface area contributed by atoms with Crippen LogP contribution in [0.2, 0.25) is 0 Å². The molecule has 0 aliphatic heterocycles. The molecule has 0 N–H and O–H groups in total. The van der Waals surface area contributed by atoms with Gasteiger partial charge in [0.05, 0.1) is 18.1 Å². The molecule has 4 aromatic carbocycles. The molecule has 0 saturated carbocycles. The number of benzene rings is 4. The van der Waals surface area contributed by atoms with Gasteiger partial charge in [-0.2, -0.15) is 4.57 Å². The first kappa shape index (κ1) is 24.2. The fourth-order valence-electron chi connectivity index (χ4n) is 5.57. The Hall–Kier alpha value is -4.90. The first-order chi connectivity index (χ1) is 19.4. The van der Waals surface area contributed by atoms with E-state index in [1.165, 1.54) is 21.9 Å². The Balaban J connectivity index is 1.33. The highest BCUT2D eigenvalue weighted by Gasteiger charge is 2.19. The smallest absolute Gasteiger partial charge is 0.249 e. The van der Waals surface area contributed by atoms with Crippen molar-refractivity contribution in [2.24, 2.45) is 7.05 Å². The minimum atomic E-state index is 0.0256. The number of aryl methyl sites for hydroxylation is 1. The lowest BCUT2D eigenvalue weighted by Gasteiger charge is -2.20. The molecular formula is C35H31N4O+. The first-order valence-corrected chi connectivity index (χ1v) is 13.6. The summed E-state index contributed by atoms with van der Waals surface area (Å²) in [6.07, 6.45) is 4.01. The topological polar surface area (TPSA) is 35.9 Å². The molecule has 5 nitrogen and oxygen atoms in total. The molecule has 40 heavy (non-hydrogen) atoms. The van der Waals surface area contributed by atoms with Gasteiger partial charge >= 0.3 is 0 Å². The van der Waals surface area contributed by atoms with Crippen molar-refractivity contribution in [2.45, 2.75) is 26.2 Å². The number of fused-ring (bicyclic) bond motifs is 4. The fourth-order valence-corrected chi connectivity index (χ4v) is 5.57. The van der Waals surface area contributed by atoms with E-state index in [0.29, 0.717) is 0 Å². The molecule has 3 heterocycles. The Kier molecular flexibility index (Phi) is 5.49. The molecule has 0 saturated heterocycles. The minimum Gasteiger partial charge on any atom is -0.457 e. The number of pyridine rings is 1. The SMILES string of the molecule is C[n+]1cn(-c2cccc(Oc3ccc4c5ccccc5n(-c5cc(C(C)(C)C)ccn5)c4c3)c2)c2ccccc21. The van der Waals surface area contributed by atoms with Crippen molar-refractivity contribution in [2.75, 3.05) is 0 Å². The molecule has 0 aliphatic carbocycles. The zero-order valence-electron chi connectivity index (χ0n) is 23.2. The maximum absolute atomic E-state index is 6.48. The summed E-state index contributed by atoms with van der Waals surface area (Å²) in [5, 5.41) is 2.37. The van der Waals surface area contributed by atoms with Gasteiger partial charge in [-0.15, -0.1) is 0 Å². The van der Waals surface area contributed by atoms with E-state index in [1.54, 1.807) is 0 Å². The highest BCUT2D eigenvalue weighted by molar-refractivity contribution is 6.09. The Morgan fingerprint density at radius 1 is 0.700 bits per heavy atom. The number of imidazole rings is 1. The van der Waals surface area contributed by atoms with Crippen molar-refractivity contribution in [1.29, 1.82) is 0 Å². The van der Waals surface area contributed by atoms with E-state index in [4.69, 9.17) is 9.72 Å². The molecule has 0 bridgehead atoms. The van der Waals surface area contributed by atoms with Gasteiger partial charge in [-0.3, -0.25) is 4.57 Å². The molecular weight excluding hydrogens is 492 g/mol. The quantitative estimate of drug-likeness (QED) is 0.219. The summed E-state index contributed by atoms with van der Waals surface area (Å²) in [6.45, 7) is 6.69. The van der Waals surface area contributed by atoms with Crippen molar-refractivity contribution in [3.05, 3.63) is 121 Å². The summed E-state index contributed by atoms with van der Waals surface area (Å²) in [5.41, 5.74) is 6.85. The van der Waals surface area contributed by atoms with Gasteiger partial charge in [0, 0.05) is 29.1 Å². The molecule has 0 fully saturated rings. The Morgan fingerprint density at radius 3 is 2.30 bits per heavy atom. The lowest BCUT2D eigenvalue weighted by atomic mass is 9.88. The third kappa shape index (κ3) is 4.02. The van der Waals surface area contributed by atoms with Crippen molar-refractivity contribution in [3.63, 3.8) is 0 Å². The van der Waals surface area contributed by atoms with E-state index in [-0.39, 0.29) is 5.41 Å². The molecule has 0 radical (unpaired) electrons. The third-order valence-electron chi connectivity index (χ3n) is 7.63. The van der Waals surface area contributed by atoms with Crippen molar-refractivity contribution >= 4 is 32.8 Å². The van der Waals surface area contributed by atoms with Gasteiger partial charge in [0.2, 0.25) is 6.33 Å². The zero-order chi connectivity index (χ0) is 27.4. The van der Waals surface area contributed by atoms with Crippen molar-refractivity contribution in [3.8, 4) is 23.0 Å². The third-order valence-corrected chi connectivity index (χ3v) is 7.63. The second kappa shape index (κ2) is 9.09. The average Bonchev–Trinajstić information content (AvgIpc) is 3.47. The lowest BCUT2D eigenvalue weighted by Crippen LogP contribution is -2.25. The van der Waals surface area contributed by atoms with Crippen LogP contribution in [0.3, 0.4) is 0 Å². The standard InChI is InChI=1S/C35H31N4O/c1-35(2,3)24-18-19-36-34(20-24)39-30-13-6-5-12-28(30)29-17-16-27(22-33(29)39)40-26-11-9-10-25(21-26)38-23-37(4)31-14-7-8-15-32(31)38/h5-23H,1-4H3/q+1. The summed E-state index contributed by atoms with van der Waals surface area (Å²) in [5.74, 6) is 2.47. The van der Waals surface area contributed by atoms with E-state index in [1.807, 2.05) is 18.3 Å². The van der Waals surface area contributed by atoms with Crippen molar-refractivity contribution in [1.82, 2.24) is 14.1 Å². The largest absolute Gasteiger partial charge is 0.457 e. The van der Waals surface area contributed by atoms with Gasteiger partial charge < -0.3 is 4.74 Å². The van der Waals surface area contributed by atoms with Crippen molar-refractivity contribution < 1.29 is 9.30 Å². The first-order valence-electron chi connectivity index (χ1n) is 13.6. The van der Waals surface area contributed by atoms with E-state index < -0.39 is 0 Å². The van der Waals surface area contributed by atoms with Crippen LogP contribution in [0.25, 0.3) is 44.3 Å².